The number of hydrogen-bond acceptors (Lipinski definition) is 2. The molecular weight excluding hydrogens is 212 g/mol. The van der Waals surface area contributed by atoms with E-state index in [1.165, 1.54) is 25.7 Å². The van der Waals surface area contributed by atoms with Crippen LogP contribution in [0.1, 0.15) is 31.2 Å². The molecule has 0 radical (unpaired) electrons. The van der Waals surface area contributed by atoms with Gasteiger partial charge in [0.2, 0.25) is 0 Å². The van der Waals surface area contributed by atoms with Crippen molar-refractivity contribution in [3.05, 3.63) is 35.9 Å². The molecule has 2 heteroatoms. The van der Waals surface area contributed by atoms with Gasteiger partial charge in [0, 0.05) is 0 Å². The minimum Gasteiger partial charge on any atom is -0.461 e. The highest BCUT2D eigenvalue weighted by molar-refractivity contribution is 5.74. The van der Waals surface area contributed by atoms with Crippen molar-refractivity contribution in [2.45, 2.75) is 32.3 Å². The van der Waals surface area contributed by atoms with E-state index in [9.17, 15) is 4.79 Å². The van der Waals surface area contributed by atoms with Crippen molar-refractivity contribution >= 4 is 5.97 Å². The standard InChI is InChI=1S/C15H18O2/c16-15(14-12-6-7-13(14)9-8-12)17-10-11-4-2-1-3-5-11/h1-5,12-14H,6-10H2. The first-order chi connectivity index (χ1) is 8.34. The third-order valence-corrected chi connectivity index (χ3v) is 4.33. The van der Waals surface area contributed by atoms with Crippen LogP contribution in [0, 0.1) is 17.8 Å². The van der Waals surface area contributed by atoms with Crippen LogP contribution < -0.4 is 0 Å². The Morgan fingerprint density at radius 2 is 1.65 bits per heavy atom. The molecule has 0 atom stereocenters. The summed E-state index contributed by atoms with van der Waals surface area (Å²) in [6, 6.07) is 9.92. The van der Waals surface area contributed by atoms with Crippen molar-refractivity contribution in [1.29, 1.82) is 0 Å². The largest absolute Gasteiger partial charge is 0.461 e. The number of benzene rings is 1. The summed E-state index contributed by atoms with van der Waals surface area (Å²) in [5.74, 6) is 1.48. The van der Waals surface area contributed by atoms with Gasteiger partial charge in [-0.2, -0.15) is 0 Å². The van der Waals surface area contributed by atoms with E-state index < -0.39 is 0 Å². The second kappa shape index (κ2) is 4.52. The maximum atomic E-state index is 12.1. The Morgan fingerprint density at radius 3 is 2.24 bits per heavy atom. The molecule has 2 saturated carbocycles. The van der Waals surface area contributed by atoms with Gasteiger partial charge >= 0.3 is 5.97 Å². The van der Waals surface area contributed by atoms with E-state index in [1.54, 1.807) is 0 Å². The van der Waals surface area contributed by atoms with Gasteiger partial charge in [0.05, 0.1) is 5.92 Å². The topological polar surface area (TPSA) is 26.3 Å². The van der Waals surface area contributed by atoms with Crippen LogP contribution in [0.4, 0.5) is 0 Å². The van der Waals surface area contributed by atoms with E-state index >= 15 is 0 Å². The summed E-state index contributed by atoms with van der Waals surface area (Å²) in [6.07, 6.45) is 4.93. The molecular formula is C15H18O2. The van der Waals surface area contributed by atoms with E-state index in [-0.39, 0.29) is 11.9 Å². The molecule has 0 N–H and O–H groups in total. The van der Waals surface area contributed by atoms with Crippen LogP contribution in [0.5, 0.6) is 0 Å². The molecule has 0 spiro atoms. The molecule has 2 aliphatic rings. The second-order valence-electron chi connectivity index (χ2n) is 5.29. The monoisotopic (exact) mass is 230 g/mol. The lowest BCUT2D eigenvalue weighted by Crippen LogP contribution is -2.21. The third kappa shape index (κ3) is 2.08. The SMILES string of the molecule is O=C(OCc1ccccc1)C1C2CCC1CC2. The van der Waals surface area contributed by atoms with Gasteiger partial charge in [0.25, 0.3) is 0 Å². The van der Waals surface area contributed by atoms with Crippen LogP contribution in [0.2, 0.25) is 0 Å². The molecule has 2 fully saturated rings. The summed E-state index contributed by atoms with van der Waals surface area (Å²) < 4.78 is 5.45. The Balaban J connectivity index is 1.58. The smallest absolute Gasteiger partial charge is 0.309 e. The fourth-order valence-corrected chi connectivity index (χ4v) is 3.46. The van der Waals surface area contributed by atoms with E-state index in [4.69, 9.17) is 4.74 Å². The van der Waals surface area contributed by atoms with E-state index in [0.717, 1.165) is 5.56 Å². The van der Waals surface area contributed by atoms with Gasteiger partial charge in [-0.15, -0.1) is 0 Å². The number of hydrogen-bond donors (Lipinski definition) is 0. The average Bonchev–Trinajstić information content (AvgIpc) is 2.97. The zero-order valence-corrected chi connectivity index (χ0v) is 9.97. The van der Waals surface area contributed by atoms with Crippen molar-refractivity contribution in [3.8, 4) is 0 Å². The second-order valence-corrected chi connectivity index (χ2v) is 5.29. The zero-order valence-electron chi connectivity index (χ0n) is 9.97. The summed E-state index contributed by atoms with van der Waals surface area (Å²) in [5, 5.41) is 0. The van der Waals surface area contributed by atoms with Crippen LogP contribution >= 0.6 is 0 Å². The molecule has 2 aliphatic carbocycles. The minimum absolute atomic E-state index is 0.0406. The number of fused-ring (bicyclic) bond motifs is 2. The number of ether oxygens (including phenoxy) is 1. The fraction of sp³-hybridized carbons (Fsp3) is 0.533. The van der Waals surface area contributed by atoms with E-state index in [1.807, 2.05) is 30.3 Å². The Morgan fingerprint density at radius 1 is 1.06 bits per heavy atom. The molecule has 0 aliphatic heterocycles. The maximum absolute atomic E-state index is 12.1. The quantitative estimate of drug-likeness (QED) is 0.745. The third-order valence-electron chi connectivity index (χ3n) is 4.33. The highest BCUT2D eigenvalue weighted by atomic mass is 16.5. The zero-order chi connectivity index (χ0) is 11.7. The fourth-order valence-electron chi connectivity index (χ4n) is 3.46. The number of esters is 1. The predicted octanol–water partition coefficient (Wildman–Crippen LogP) is 3.17. The van der Waals surface area contributed by atoms with Crippen molar-refractivity contribution in [1.82, 2.24) is 0 Å². The predicted molar refractivity (Wildman–Crippen MR) is 65.2 cm³/mol. The van der Waals surface area contributed by atoms with Gasteiger partial charge in [-0.05, 0) is 43.1 Å². The van der Waals surface area contributed by atoms with Gasteiger partial charge in [-0.3, -0.25) is 4.79 Å². The highest BCUT2D eigenvalue weighted by Crippen LogP contribution is 2.49. The van der Waals surface area contributed by atoms with Crippen LogP contribution in [0.15, 0.2) is 30.3 Å². The van der Waals surface area contributed by atoms with Crippen LogP contribution in [-0.2, 0) is 16.1 Å². The average molecular weight is 230 g/mol. The summed E-state index contributed by atoms with van der Waals surface area (Å²) in [4.78, 5) is 12.1. The Hall–Kier alpha value is -1.31. The highest BCUT2D eigenvalue weighted by Gasteiger charge is 2.46. The molecule has 1 aromatic carbocycles. The first kappa shape index (κ1) is 10.8. The normalized spacial score (nSPS) is 30.5. The molecule has 2 bridgehead atoms. The lowest BCUT2D eigenvalue weighted by molar-refractivity contribution is -0.151. The molecule has 0 aromatic heterocycles. The summed E-state index contributed by atoms with van der Waals surface area (Å²) in [7, 11) is 0. The molecule has 0 heterocycles. The van der Waals surface area contributed by atoms with Crippen molar-refractivity contribution in [3.63, 3.8) is 0 Å². The van der Waals surface area contributed by atoms with Gasteiger partial charge in [0.1, 0.15) is 6.61 Å². The molecule has 0 amide bonds. The van der Waals surface area contributed by atoms with Crippen LogP contribution in [-0.4, -0.2) is 5.97 Å². The molecule has 2 nitrogen and oxygen atoms in total. The summed E-state index contributed by atoms with van der Waals surface area (Å²) in [5.41, 5.74) is 1.08. The van der Waals surface area contributed by atoms with Crippen LogP contribution in [0.3, 0.4) is 0 Å². The number of rotatable bonds is 3. The Bertz CT molecular complexity index is 379. The van der Waals surface area contributed by atoms with Gasteiger partial charge in [-0.25, -0.2) is 0 Å². The van der Waals surface area contributed by atoms with E-state index in [0.29, 0.717) is 18.4 Å². The molecule has 3 rings (SSSR count). The molecule has 90 valence electrons. The molecule has 1 aromatic rings. The minimum atomic E-state index is 0.0406. The lowest BCUT2D eigenvalue weighted by atomic mass is 9.98. The lowest BCUT2D eigenvalue weighted by Gasteiger charge is -2.14. The van der Waals surface area contributed by atoms with Gasteiger partial charge < -0.3 is 4.74 Å². The van der Waals surface area contributed by atoms with Gasteiger partial charge in [0.15, 0.2) is 0 Å². The Labute approximate surface area is 102 Å². The first-order valence-electron chi connectivity index (χ1n) is 6.55. The summed E-state index contributed by atoms with van der Waals surface area (Å²) >= 11 is 0. The van der Waals surface area contributed by atoms with Crippen molar-refractivity contribution in [2.75, 3.05) is 0 Å². The van der Waals surface area contributed by atoms with Crippen molar-refractivity contribution in [2.24, 2.45) is 17.8 Å². The van der Waals surface area contributed by atoms with Crippen LogP contribution in [0.25, 0.3) is 0 Å². The summed E-state index contributed by atoms with van der Waals surface area (Å²) in [6.45, 7) is 0.426. The first-order valence-corrected chi connectivity index (χ1v) is 6.55. The maximum Gasteiger partial charge on any atom is 0.309 e. The number of carbonyl (C=O) groups excluding carboxylic acids is 1. The molecule has 0 unspecified atom stereocenters. The van der Waals surface area contributed by atoms with Gasteiger partial charge in [-0.1, -0.05) is 30.3 Å². The van der Waals surface area contributed by atoms with Crippen molar-refractivity contribution < 1.29 is 9.53 Å². The molecule has 0 saturated heterocycles. The Kier molecular flexibility index (Phi) is 2.87. The van der Waals surface area contributed by atoms with E-state index in [2.05, 4.69) is 0 Å². The molecule has 17 heavy (non-hydrogen) atoms. The number of carbonyl (C=O) groups is 1.